The molecule has 2 aliphatic rings. The predicted octanol–water partition coefficient (Wildman–Crippen LogP) is 10.5. The van der Waals surface area contributed by atoms with E-state index in [0.717, 1.165) is 0 Å². The molecular weight excluding hydrogens is 579 g/mol. The summed E-state index contributed by atoms with van der Waals surface area (Å²) in [7, 11) is 0. The molecule has 0 unspecified atom stereocenters. The monoisotopic (exact) mass is 606 g/mol. The van der Waals surface area contributed by atoms with E-state index in [9.17, 15) is 0 Å². The van der Waals surface area contributed by atoms with Crippen molar-refractivity contribution < 1.29 is 0 Å². The Kier molecular flexibility index (Phi) is 4.54. The summed E-state index contributed by atoms with van der Waals surface area (Å²) in [5.74, 6) is 0. The zero-order valence-electron chi connectivity index (χ0n) is 25.3. The first kappa shape index (κ1) is 24.8. The van der Waals surface area contributed by atoms with Gasteiger partial charge in [-0.2, -0.15) is 0 Å². The number of benzene rings is 7. The van der Waals surface area contributed by atoms with Crippen molar-refractivity contribution >= 4 is 108 Å². The van der Waals surface area contributed by atoms with Crippen LogP contribution >= 0.6 is 22.7 Å². The third-order valence-corrected chi connectivity index (χ3v) is 12.8. The maximum absolute atomic E-state index is 2.57. The molecule has 0 nitrogen and oxygen atoms in total. The minimum absolute atomic E-state index is 0.0321. The van der Waals surface area contributed by atoms with Crippen LogP contribution in [0, 0.1) is 0 Å². The van der Waals surface area contributed by atoms with E-state index in [2.05, 4.69) is 130 Å². The second kappa shape index (κ2) is 8.23. The zero-order chi connectivity index (χ0) is 29.8. The van der Waals surface area contributed by atoms with Gasteiger partial charge in [-0.15, -0.1) is 22.7 Å². The van der Waals surface area contributed by atoms with Gasteiger partial charge >= 0.3 is 0 Å². The van der Waals surface area contributed by atoms with Crippen molar-refractivity contribution in [2.75, 3.05) is 0 Å². The maximum Gasteiger partial charge on any atom is 0.244 e. The molecule has 7 aromatic carbocycles. The van der Waals surface area contributed by atoms with Crippen molar-refractivity contribution in [1.82, 2.24) is 0 Å². The smallest absolute Gasteiger partial charge is 0.135 e. The number of fused-ring (bicyclic) bond motifs is 12. The molecule has 0 amide bonds. The van der Waals surface area contributed by atoms with Crippen molar-refractivity contribution in [2.24, 2.45) is 0 Å². The summed E-state index contributed by atoms with van der Waals surface area (Å²) in [6.45, 7) is 7.25. The number of hydrogen-bond donors (Lipinski definition) is 0. The molecule has 0 saturated heterocycles. The van der Waals surface area contributed by atoms with Gasteiger partial charge in [0, 0.05) is 40.3 Å². The van der Waals surface area contributed by atoms with Crippen LogP contribution in [-0.2, 0) is 5.41 Å². The maximum atomic E-state index is 2.57. The SMILES string of the molecule is CC(C)(C)c1cc2c3c(c1)-c1cccc4c1c(cc1sc5ccccc5c14)B3c1cc3sc4ccccc4c3c3cccc-2c13. The van der Waals surface area contributed by atoms with Gasteiger partial charge < -0.3 is 0 Å². The normalized spacial score (nSPS) is 13.6. The third-order valence-electron chi connectivity index (χ3n) is 10.6. The fourth-order valence-electron chi connectivity index (χ4n) is 8.68. The average Bonchev–Trinajstić information content (AvgIpc) is 3.62. The number of thiophene rings is 2. The zero-order valence-corrected chi connectivity index (χ0v) is 26.9. The van der Waals surface area contributed by atoms with Gasteiger partial charge in [0.15, 0.2) is 0 Å². The summed E-state index contributed by atoms with van der Waals surface area (Å²) in [6.07, 6.45) is 0. The van der Waals surface area contributed by atoms with Gasteiger partial charge in [-0.25, -0.2) is 0 Å². The molecule has 0 atom stereocenters. The minimum atomic E-state index is 0.0321. The van der Waals surface area contributed by atoms with E-state index in [1.54, 1.807) is 0 Å². The lowest BCUT2D eigenvalue weighted by Crippen LogP contribution is -2.57. The molecule has 210 valence electrons. The lowest BCUT2D eigenvalue weighted by atomic mass is 9.31. The van der Waals surface area contributed by atoms with Gasteiger partial charge in [-0.3, -0.25) is 0 Å². The highest BCUT2D eigenvalue weighted by Crippen LogP contribution is 2.47. The van der Waals surface area contributed by atoms with Crippen LogP contribution in [0.5, 0.6) is 0 Å². The number of rotatable bonds is 0. The van der Waals surface area contributed by atoms with Crippen LogP contribution in [0.15, 0.2) is 109 Å². The highest BCUT2D eigenvalue weighted by atomic mass is 32.1. The molecule has 11 rings (SSSR count). The molecular formula is C42H27BS2. The van der Waals surface area contributed by atoms with E-state index in [-0.39, 0.29) is 12.1 Å². The summed E-state index contributed by atoms with van der Waals surface area (Å²) in [6, 6.07) is 42.2. The molecule has 0 radical (unpaired) electrons. The van der Waals surface area contributed by atoms with Crippen LogP contribution in [0.3, 0.4) is 0 Å². The van der Waals surface area contributed by atoms with Gasteiger partial charge in [-0.1, -0.05) is 122 Å². The van der Waals surface area contributed by atoms with Crippen LogP contribution in [0.25, 0.3) is 84.1 Å². The Labute approximate surface area is 269 Å². The highest BCUT2D eigenvalue weighted by molar-refractivity contribution is 7.26. The minimum Gasteiger partial charge on any atom is -0.135 e. The van der Waals surface area contributed by atoms with Crippen molar-refractivity contribution in [3.05, 3.63) is 115 Å². The quantitative estimate of drug-likeness (QED) is 0.151. The summed E-state index contributed by atoms with van der Waals surface area (Å²) in [5, 5.41) is 11.2. The van der Waals surface area contributed by atoms with Gasteiger partial charge in [0.1, 0.15) is 0 Å². The summed E-state index contributed by atoms with van der Waals surface area (Å²) in [5.41, 5.74) is 11.5. The average molecular weight is 607 g/mol. The van der Waals surface area contributed by atoms with Crippen LogP contribution < -0.4 is 16.4 Å². The molecule has 0 spiro atoms. The molecule has 0 N–H and O–H groups in total. The van der Waals surface area contributed by atoms with E-state index in [0.29, 0.717) is 0 Å². The van der Waals surface area contributed by atoms with Crippen molar-refractivity contribution in [1.29, 1.82) is 0 Å². The van der Waals surface area contributed by atoms with E-state index < -0.39 is 0 Å². The lowest BCUT2D eigenvalue weighted by Gasteiger charge is -2.36. The summed E-state index contributed by atoms with van der Waals surface area (Å²) >= 11 is 3.89. The molecule has 0 fully saturated rings. The fourth-order valence-corrected chi connectivity index (χ4v) is 11.0. The first-order valence-electron chi connectivity index (χ1n) is 15.9. The first-order chi connectivity index (χ1) is 22.0. The molecule has 3 heteroatoms. The third kappa shape index (κ3) is 3.04. The van der Waals surface area contributed by atoms with Crippen molar-refractivity contribution in [2.45, 2.75) is 26.2 Å². The molecule has 0 saturated carbocycles. The van der Waals surface area contributed by atoms with E-state index in [1.807, 2.05) is 22.7 Å². The van der Waals surface area contributed by atoms with Crippen molar-refractivity contribution in [3.63, 3.8) is 0 Å². The molecule has 2 aliphatic heterocycles. The molecule has 0 aliphatic carbocycles. The Morgan fingerprint density at radius 2 is 0.911 bits per heavy atom. The van der Waals surface area contributed by atoms with Crippen LogP contribution in [0.2, 0.25) is 0 Å². The molecule has 2 aromatic heterocycles. The Balaban J connectivity index is 1.39. The largest absolute Gasteiger partial charge is 0.244 e. The standard InChI is InChI=1S/C42H27BS2/c1-42(2,3)22-18-29-23-12-8-14-27-37(23)31(20-35-39(27)25-10-4-6-16-33(25)44-35)43-32-21-36-40(26-11-5-7-17-34(26)45-36)28-15-9-13-24(38(28)32)30(19-22)41(29)43/h4-21H,1-3H3. The Hall–Kier alpha value is -4.44. The van der Waals surface area contributed by atoms with Crippen molar-refractivity contribution in [3.8, 4) is 22.3 Å². The van der Waals surface area contributed by atoms with Crippen LogP contribution in [-0.4, -0.2) is 6.71 Å². The Bertz CT molecular complexity index is 2620. The van der Waals surface area contributed by atoms with Gasteiger partial charge in [0.05, 0.1) is 0 Å². The second-order valence-electron chi connectivity index (χ2n) is 14.0. The predicted molar refractivity (Wildman–Crippen MR) is 201 cm³/mol. The fraction of sp³-hybridized carbons (Fsp3) is 0.0952. The topological polar surface area (TPSA) is 0 Å². The highest BCUT2D eigenvalue weighted by Gasteiger charge is 2.40. The summed E-state index contributed by atoms with van der Waals surface area (Å²) in [4.78, 5) is 0. The Morgan fingerprint density at radius 3 is 1.40 bits per heavy atom. The molecule has 4 heterocycles. The first-order valence-corrected chi connectivity index (χ1v) is 17.5. The second-order valence-corrected chi connectivity index (χ2v) is 16.2. The van der Waals surface area contributed by atoms with E-state index in [4.69, 9.17) is 0 Å². The van der Waals surface area contributed by atoms with Crippen LogP contribution in [0.4, 0.5) is 0 Å². The van der Waals surface area contributed by atoms with E-state index in [1.165, 1.54) is 106 Å². The van der Waals surface area contributed by atoms with Gasteiger partial charge in [-0.05, 0) is 79.0 Å². The Morgan fingerprint density at radius 1 is 0.444 bits per heavy atom. The molecule has 45 heavy (non-hydrogen) atoms. The molecule has 0 bridgehead atoms. The van der Waals surface area contributed by atoms with Crippen LogP contribution in [0.1, 0.15) is 26.3 Å². The lowest BCUT2D eigenvalue weighted by molar-refractivity contribution is 0.591. The molecule has 9 aromatic rings. The summed E-state index contributed by atoms with van der Waals surface area (Å²) < 4.78 is 5.52. The van der Waals surface area contributed by atoms with Gasteiger partial charge in [0.2, 0.25) is 6.71 Å². The van der Waals surface area contributed by atoms with Gasteiger partial charge in [0.25, 0.3) is 0 Å². The number of hydrogen-bond acceptors (Lipinski definition) is 2. The van der Waals surface area contributed by atoms with E-state index >= 15 is 0 Å².